The number of ether oxygens (including phenoxy) is 1. The highest BCUT2D eigenvalue weighted by Gasteiger charge is 2.07. The van der Waals surface area contributed by atoms with Gasteiger partial charge in [0.2, 0.25) is 0 Å². The van der Waals surface area contributed by atoms with E-state index in [1.165, 1.54) is 0 Å². The van der Waals surface area contributed by atoms with Gasteiger partial charge < -0.3 is 19.9 Å². The molecule has 1 heterocycles. The predicted molar refractivity (Wildman–Crippen MR) is 92.9 cm³/mol. The lowest BCUT2D eigenvalue weighted by molar-refractivity contribution is 0.222. The maximum atomic E-state index is 5.95. The number of aliphatic imine (C=N–C) groups is 1. The lowest BCUT2D eigenvalue weighted by Crippen LogP contribution is -2.42. The average Bonchev–Trinajstić information content (AvgIpc) is 3.06. The zero-order chi connectivity index (χ0) is 16.5. The maximum absolute atomic E-state index is 5.95. The maximum Gasteiger partial charge on any atom is 0.191 e. The van der Waals surface area contributed by atoms with Crippen LogP contribution in [0.3, 0.4) is 0 Å². The van der Waals surface area contributed by atoms with Gasteiger partial charge in [0.1, 0.15) is 11.9 Å². The number of nitrogens with one attached hydrogen (secondary N) is 2. The van der Waals surface area contributed by atoms with Crippen LogP contribution in [0.25, 0.3) is 0 Å². The van der Waals surface area contributed by atoms with Crippen molar-refractivity contribution >= 4 is 5.96 Å². The number of aryl methyl sites for hydroxylation is 1. The minimum atomic E-state index is 0.0447. The van der Waals surface area contributed by atoms with Crippen LogP contribution in [0.15, 0.2) is 48.0 Å². The topological polar surface area (TPSA) is 63.5 Å². The summed E-state index contributed by atoms with van der Waals surface area (Å²) in [5, 5.41) is 6.55. The van der Waals surface area contributed by atoms with Crippen LogP contribution in [0.1, 0.15) is 12.5 Å². The molecule has 2 aromatic rings. The standard InChI is InChI=1S/C17H25N5O/c1-14-6-4-5-7-16(14)23-15(2)12-21-17(18-3)20-9-11-22-10-8-19-13-22/h4-8,10,13,15H,9,11-12H2,1-3H3,(H2,18,20,21). The third kappa shape index (κ3) is 5.65. The van der Waals surface area contributed by atoms with Crippen molar-refractivity contribution in [3.8, 4) is 5.75 Å². The Balaban J connectivity index is 1.71. The lowest BCUT2D eigenvalue weighted by atomic mass is 10.2. The fourth-order valence-corrected chi connectivity index (χ4v) is 2.13. The molecule has 0 amide bonds. The molecule has 6 heteroatoms. The van der Waals surface area contributed by atoms with Crippen LogP contribution >= 0.6 is 0 Å². The zero-order valence-corrected chi connectivity index (χ0v) is 14.0. The van der Waals surface area contributed by atoms with Crippen LogP contribution in [0, 0.1) is 6.92 Å². The Morgan fingerprint density at radius 1 is 1.35 bits per heavy atom. The molecule has 0 aliphatic heterocycles. The second kappa shape index (κ2) is 8.82. The quantitative estimate of drug-likeness (QED) is 0.604. The van der Waals surface area contributed by atoms with E-state index in [1.807, 2.05) is 48.9 Å². The van der Waals surface area contributed by atoms with Crippen LogP contribution in [-0.4, -0.2) is 41.8 Å². The average molecular weight is 315 g/mol. The minimum absolute atomic E-state index is 0.0447. The Kier molecular flexibility index (Phi) is 6.47. The summed E-state index contributed by atoms with van der Waals surface area (Å²) in [6.45, 7) is 6.39. The molecule has 124 valence electrons. The van der Waals surface area contributed by atoms with Crippen molar-refractivity contribution in [3.05, 3.63) is 48.5 Å². The van der Waals surface area contributed by atoms with Gasteiger partial charge >= 0.3 is 0 Å². The first-order valence-corrected chi connectivity index (χ1v) is 7.81. The van der Waals surface area contributed by atoms with E-state index < -0.39 is 0 Å². The van der Waals surface area contributed by atoms with Gasteiger partial charge in [-0.15, -0.1) is 0 Å². The number of rotatable bonds is 7. The van der Waals surface area contributed by atoms with Gasteiger partial charge in [0.15, 0.2) is 5.96 Å². The number of para-hydroxylation sites is 1. The van der Waals surface area contributed by atoms with Gasteiger partial charge in [-0.3, -0.25) is 4.99 Å². The smallest absolute Gasteiger partial charge is 0.191 e. The first-order chi connectivity index (χ1) is 11.2. The molecular weight excluding hydrogens is 290 g/mol. The van der Waals surface area contributed by atoms with Crippen LogP contribution in [0.2, 0.25) is 0 Å². The Bertz CT molecular complexity index is 609. The second-order valence-electron chi connectivity index (χ2n) is 5.37. The molecule has 1 unspecified atom stereocenters. The highest BCUT2D eigenvalue weighted by atomic mass is 16.5. The molecule has 6 nitrogen and oxygen atoms in total. The third-order valence-corrected chi connectivity index (χ3v) is 3.42. The molecule has 0 bridgehead atoms. The van der Waals surface area contributed by atoms with E-state index in [0.29, 0.717) is 6.54 Å². The summed E-state index contributed by atoms with van der Waals surface area (Å²) >= 11 is 0. The summed E-state index contributed by atoms with van der Waals surface area (Å²) in [5.41, 5.74) is 1.14. The van der Waals surface area contributed by atoms with Crippen LogP contribution in [-0.2, 0) is 6.54 Å². The van der Waals surface area contributed by atoms with Crippen LogP contribution in [0.4, 0.5) is 0 Å². The van der Waals surface area contributed by atoms with Crippen molar-refractivity contribution in [1.82, 2.24) is 20.2 Å². The van der Waals surface area contributed by atoms with E-state index in [4.69, 9.17) is 4.74 Å². The molecule has 23 heavy (non-hydrogen) atoms. The van der Waals surface area contributed by atoms with Crippen molar-refractivity contribution in [3.63, 3.8) is 0 Å². The molecular formula is C17H25N5O. The van der Waals surface area contributed by atoms with Crippen molar-refractivity contribution in [2.24, 2.45) is 4.99 Å². The van der Waals surface area contributed by atoms with Gasteiger partial charge in [-0.2, -0.15) is 0 Å². The third-order valence-electron chi connectivity index (χ3n) is 3.42. The van der Waals surface area contributed by atoms with E-state index in [0.717, 1.165) is 30.4 Å². The van der Waals surface area contributed by atoms with Gasteiger partial charge in [-0.25, -0.2) is 4.98 Å². The van der Waals surface area contributed by atoms with Gasteiger partial charge in [-0.1, -0.05) is 18.2 Å². The van der Waals surface area contributed by atoms with Crippen molar-refractivity contribution < 1.29 is 4.74 Å². The zero-order valence-electron chi connectivity index (χ0n) is 14.0. The number of hydrogen-bond acceptors (Lipinski definition) is 3. The van der Waals surface area contributed by atoms with E-state index in [-0.39, 0.29) is 6.10 Å². The van der Waals surface area contributed by atoms with Gasteiger partial charge in [0.25, 0.3) is 0 Å². The molecule has 1 aromatic heterocycles. The molecule has 2 N–H and O–H groups in total. The van der Waals surface area contributed by atoms with Crippen LogP contribution in [0.5, 0.6) is 5.75 Å². The molecule has 1 atom stereocenters. The SMILES string of the molecule is CN=C(NCCn1ccnc1)NCC(C)Oc1ccccc1C. The number of hydrogen-bond donors (Lipinski definition) is 2. The number of benzene rings is 1. The van der Waals surface area contributed by atoms with E-state index in [9.17, 15) is 0 Å². The second-order valence-corrected chi connectivity index (χ2v) is 5.37. The molecule has 0 radical (unpaired) electrons. The molecule has 0 fully saturated rings. The van der Waals surface area contributed by atoms with E-state index in [1.54, 1.807) is 19.6 Å². The fraction of sp³-hybridized carbons (Fsp3) is 0.412. The number of aromatic nitrogens is 2. The number of nitrogens with zero attached hydrogens (tertiary/aromatic N) is 3. The monoisotopic (exact) mass is 315 g/mol. The summed E-state index contributed by atoms with van der Waals surface area (Å²) in [4.78, 5) is 8.24. The molecule has 2 rings (SSSR count). The normalized spacial score (nSPS) is 12.7. The summed E-state index contributed by atoms with van der Waals surface area (Å²) in [6, 6.07) is 8.03. The largest absolute Gasteiger partial charge is 0.489 e. The number of imidazole rings is 1. The highest BCUT2D eigenvalue weighted by molar-refractivity contribution is 5.79. The first-order valence-electron chi connectivity index (χ1n) is 7.81. The highest BCUT2D eigenvalue weighted by Crippen LogP contribution is 2.17. The van der Waals surface area contributed by atoms with E-state index in [2.05, 4.69) is 20.6 Å². The Labute approximate surface area is 137 Å². The molecule has 0 aliphatic rings. The lowest BCUT2D eigenvalue weighted by Gasteiger charge is -2.18. The van der Waals surface area contributed by atoms with Crippen molar-refractivity contribution in [1.29, 1.82) is 0 Å². The minimum Gasteiger partial charge on any atom is -0.489 e. The Hall–Kier alpha value is -2.50. The Morgan fingerprint density at radius 3 is 2.87 bits per heavy atom. The Morgan fingerprint density at radius 2 is 2.17 bits per heavy atom. The molecule has 0 spiro atoms. The van der Waals surface area contributed by atoms with Gasteiger partial charge in [0, 0.05) is 32.5 Å². The van der Waals surface area contributed by atoms with Gasteiger partial charge in [-0.05, 0) is 25.5 Å². The predicted octanol–water partition coefficient (Wildman–Crippen LogP) is 1.82. The summed E-state index contributed by atoms with van der Waals surface area (Å²) in [7, 11) is 1.76. The van der Waals surface area contributed by atoms with E-state index >= 15 is 0 Å². The molecule has 0 aliphatic carbocycles. The molecule has 0 saturated heterocycles. The van der Waals surface area contributed by atoms with Crippen molar-refractivity contribution in [2.45, 2.75) is 26.5 Å². The molecule has 1 aromatic carbocycles. The summed E-state index contributed by atoms with van der Waals surface area (Å²) < 4.78 is 7.96. The summed E-state index contributed by atoms with van der Waals surface area (Å²) in [5.74, 6) is 1.69. The summed E-state index contributed by atoms with van der Waals surface area (Å²) in [6.07, 6.45) is 5.56. The van der Waals surface area contributed by atoms with Crippen LogP contribution < -0.4 is 15.4 Å². The fourth-order valence-electron chi connectivity index (χ4n) is 2.13. The first kappa shape index (κ1) is 16.9. The van der Waals surface area contributed by atoms with Gasteiger partial charge in [0.05, 0.1) is 12.9 Å². The molecule has 0 saturated carbocycles. The van der Waals surface area contributed by atoms with Crippen molar-refractivity contribution in [2.75, 3.05) is 20.1 Å². The number of guanidine groups is 1.